The number of nitrogens with zero attached hydrogens (tertiary/aromatic N) is 2. The van der Waals surface area contributed by atoms with Gasteiger partial charge < -0.3 is 10.2 Å². The van der Waals surface area contributed by atoms with Crippen molar-refractivity contribution in [2.24, 2.45) is 5.84 Å². The van der Waals surface area contributed by atoms with Gasteiger partial charge in [0.1, 0.15) is 11.6 Å². The summed E-state index contributed by atoms with van der Waals surface area (Å²) in [5.74, 6) is 7.29. The van der Waals surface area contributed by atoms with Gasteiger partial charge in [-0.3, -0.25) is 0 Å². The number of hydrogen-bond donors (Lipinski definition) is 2. The van der Waals surface area contributed by atoms with E-state index in [1.54, 1.807) is 0 Å². The zero-order valence-corrected chi connectivity index (χ0v) is 9.08. The van der Waals surface area contributed by atoms with Crippen molar-refractivity contribution in [2.75, 3.05) is 12.0 Å². The first-order valence-electron chi connectivity index (χ1n) is 5.16. The fraction of sp³-hybridized carbons (Fsp3) is 0.600. The molecule has 5 nitrogen and oxygen atoms in total. The van der Waals surface area contributed by atoms with Crippen molar-refractivity contribution < 1.29 is 4.74 Å². The molecule has 1 aliphatic heterocycles. The number of hydrogen-bond acceptors (Lipinski definition) is 5. The van der Waals surface area contributed by atoms with Crippen molar-refractivity contribution in [2.45, 2.75) is 32.8 Å². The molecule has 0 fully saturated rings. The van der Waals surface area contributed by atoms with Gasteiger partial charge in [-0.05, 0) is 0 Å². The monoisotopic (exact) mass is 208 g/mol. The van der Waals surface area contributed by atoms with E-state index in [9.17, 15) is 0 Å². The molecule has 82 valence electrons. The molecule has 15 heavy (non-hydrogen) atoms. The second kappa shape index (κ2) is 4.12. The maximum atomic E-state index is 5.45. The molecule has 1 aromatic heterocycles. The van der Waals surface area contributed by atoms with Crippen LogP contribution in [0.4, 0.5) is 5.82 Å². The molecule has 0 radical (unpaired) electrons. The second-order valence-corrected chi connectivity index (χ2v) is 3.96. The number of aromatic nitrogens is 2. The summed E-state index contributed by atoms with van der Waals surface area (Å²) in [4.78, 5) is 8.91. The average Bonchev–Trinajstić information content (AvgIpc) is 2.27. The van der Waals surface area contributed by atoms with Gasteiger partial charge in [-0.1, -0.05) is 13.8 Å². The van der Waals surface area contributed by atoms with Gasteiger partial charge in [-0.15, -0.1) is 0 Å². The quantitative estimate of drug-likeness (QED) is 0.559. The number of hydrazine groups is 1. The zero-order chi connectivity index (χ0) is 10.8. The van der Waals surface area contributed by atoms with Crippen LogP contribution in [-0.2, 0) is 17.8 Å². The molecule has 1 aromatic rings. The van der Waals surface area contributed by atoms with E-state index >= 15 is 0 Å². The summed E-state index contributed by atoms with van der Waals surface area (Å²) in [5.41, 5.74) is 4.68. The average molecular weight is 208 g/mol. The fourth-order valence-corrected chi connectivity index (χ4v) is 1.63. The van der Waals surface area contributed by atoms with Crippen LogP contribution in [0.2, 0.25) is 0 Å². The number of nitrogens with one attached hydrogen (secondary N) is 1. The van der Waals surface area contributed by atoms with E-state index in [4.69, 9.17) is 10.6 Å². The normalized spacial score (nSPS) is 15.2. The fourth-order valence-electron chi connectivity index (χ4n) is 1.63. The summed E-state index contributed by atoms with van der Waals surface area (Å²) < 4.78 is 5.36. The van der Waals surface area contributed by atoms with Crippen LogP contribution in [-0.4, -0.2) is 16.6 Å². The Hall–Kier alpha value is -1.20. The van der Waals surface area contributed by atoms with Gasteiger partial charge in [0.2, 0.25) is 0 Å². The molecule has 0 spiro atoms. The smallest absolute Gasteiger partial charge is 0.149 e. The summed E-state index contributed by atoms with van der Waals surface area (Å²) in [5, 5.41) is 0. The molecule has 2 rings (SSSR count). The van der Waals surface area contributed by atoms with Gasteiger partial charge in [0.25, 0.3) is 0 Å². The van der Waals surface area contributed by atoms with Gasteiger partial charge in [0.15, 0.2) is 0 Å². The number of ether oxygens (including phenoxy) is 1. The molecule has 2 heterocycles. The van der Waals surface area contributed by atoms with Crippen LogP contribution in [0.25, 0.3) is 0 Å². The third-order valence-corrected chi connectivity index (χ3v) is 2.49. The summed E-state index contributed by atoms with van der Waals surface area (Å²) in [6.45, 7) is 5.42. The van der Waals surface area contributed by atoms with Crippen molar-refractivity contribution in [1.82, 2.24) is 9.97 Å². The third kappa shape index (κ3) is 1.93. The molecular weight excluding hydrogens is 192 g/mol. The molecule has 0 amide bonds. The SMILES string of the molecule is CC(C)c1nc2c(c(NN)n1)COCC2. The number of nitrogen functional groups attached to an aromatic ring is 1. The highest BCUT2D eigenvalue weighted by molar-refractivity contribution is 5.46. The largest absolute Gasteiger partial charge is 0.376 e. The second-order valence-electron chi connectivity index (χ2n) is 3.96. The van der Waals surface area contributed by atoms with Crippen molar-refractivity contribution >= 4 is 5.82 Å². The third-order valence-electron chi connectivity index (χ3n) is 2.49. The van der Waals surface area contributed by atoms with Crippen LogP contribution in [0.5, 0.6) is 0 Å². The predicted molar refractivity (Wildman–Crippen MR) is 57.3 cm³/mol. The van der Waals surface area contributed by atoms with Crippen LogP contribution in [0, 0.1) is 0 Å². The Bertz CT molecular complexity index is 347. The summed E-state index contributed by atoms with van der Waals surface area (Å²) in [6.07, 6.45) is 0.840. The molecule has 0 saturated carbocycles. The minimum absolute atomic E-state index is 0.310. The van der Waals surface area contributed by atoms with Gasteiger partial charge in [0, 0.05) is 17.9 Å². The van der Waals surface area contributed by atoms with E-state index < -0.39 is 0 Å². The Balaban J connectivity index is 2.48. The molecule has 0 unspecified atom stereocenters. The van der Waals surface area contributed by atoms with Crippen LogP contribution in [0.3, 0.4) is 0 Å². The van der Waals surface area contributed by atoms with Crippen LogP contribution < -0.4 is 11.3 Å². The summed E-state index contributed by atoms with van der Waals surface area (Å²) in [7, 11) is 0. The first-order valence-corrected chi connectivity index (χ1v) is 5.16. The number of rotatable bonds is 2. The number of nitrogens with two attached hydrogens (primary N) is 1. The Morgan fingerprint density at radius 2 is 2.20 bits per heavy atom. The lowest BCUT2D eigenvalue weighted by atomic mass is 10.1. The Morgan fingerprint density at radius 1 is 1.40 bits per heavy atom. The van der Waals surface area contributed by atoms with Crippen molar-refractivity contribution in [3.05, 3.63) is 17.1 Å². The minimum Gasteiger partial charge on any atom is -0.376 e. The van der Waals surface area contributed by atoms with Crippen molar-refractivity contribution in [1.29, 1.82) is 0 Å². The van der Waals surface area contributed by atoms with Crippen LogP contribution >= 0.6 is 0 Å². The standard InChI is InChI=1S/C10H16N4O/c1-6(2)9-12-8-3-4-15-5-7(8)10(13-9)14-11/h6H,3-5,11H2,1-2H3,(H,12,13,14). The van der Waals surface area contributed by atoms with E-state index in [-0.39, 0.29) is 0 Å². The van der Waals surface area contributed by atoms with E-state index in [1.807, 2.05) is 0 Å². The van der Waals surface area contributed by atoms with Gasteiger partial charge in [0.05, 0.1) is 18.9 Å². The Kier molecular flexibility index (Phi) is 2.83. The predicted octanol–water partition coefficient (Wildman–Crippen LogP) is 0.958. The first-order chi connectivity index (χ1) is 7.22. The van der Waals surface area contributed by atoms with Gasteiger partial charge >= 0.3 is 0 Å². The Morgan fingerprint density at radius 3 is 2.87 bits per heavy atom. The molecule has 5 heteroatoms. The molecule has 0 saturated heterocycles. The minimum atomic E-state index is 0.310. The highest BCUT2D eigenvalue weighted by atomic mass is 16.5. The lowest BCUT2D eigenvalue weighted by molar-refractivity contribution is 0.109. The molecule has 0 aliphatic carbocycles. The van der Waals surface area contributed by atoms with E-state index in [0.717, 1.165) is 30.1 Å². The van der Waals surface area contributed by atoms with Gasteiger partial charge in [-0.2, -0.15) is 0 Å². The van der Waals surface area contributed by atoms with Crippen molar-refractivity contribution in [3.63, 3.8) is 0 Å². The Labute approximate surface area is 89.0 Å². The summed E-state index contributed by atoms with van der Waals surface area (Å²) >= 11 is 0. The topological polar surface area (TPSA) is 73.1 Å². The maximum Gasteiger partial charge on any atom is 0.149 e. The molecule has 0 bridgehead atoms. The lowest BCUT2D eigenvalue weighted by Crippen LogP contribution is -2.20. The lowest BCUT2D eigenvalue weighted by Gasteiger charge is -2.19. The molecule has 1 aliphatic rings. The molecule has 0 aromatic carbocycles. The van der Waals surface area contributed by atoms with E-state index in [2.05, 4.69) is 29.2 Å². The summed E-state index contributed by atoms with van der Waals surface area (Å²) in [6, 6.07) is 0. The molecular formula is C10H16N4O. The number of fused-ring (bicyclic) bond motifs is 1. The van der Waals surface area contributed by atoms with Crippen LogP contribution in [0.15, 0.2) is 0 Å². The number of anilines is 1. The highest BCUT2D eigenvalue weighted by Crippen LogP contribution is 2.23. The zero-order valence-electron chi connectivity index (χ0n) is 9.08. The maximum absolute atomic E-state index is 5.45. The molecule has 0 atom stereocenters. The highest BCUT2D eigenvalue weighted by Gasteiger charge is 2.18. The van der Waals surface area contributed by atoms with E-state index in [1.165, 1.54) is 0 Å². The van der Waals surface area contributed by atoms with Crippen molar-refractivity contribution in [3.8, 4) is 0 Å². The molecule has 3 N–H and O–H groups in total. The van der Waals surface area contributed by atoms with E-state index in [0.29, 0.717) is 18.3 Å². The van der Waals surface area contributed by atoms with Gasteiger partial charge in [-0.25, -0.2) is 15.8 Å². The first kappa shape index (κ1) is 10.3. The van der Waals surface area contributed by atoms with Crippen LogP contribution in [0.1, 0.15) is 36.8 Å².